The van der Waals surface area contributed by atoms with Gasteiger partial charge in [-0.3, -0.25) is 4.68 Å². The van der Waals surface area contributed by atoms with E-state index in [9.17, 15) is 8.78 Å². The average molecular weight is 201 g/mol. The molecule has 0 radical (unpaired) electrons. The van der Waals surface area contributed by atoms with Gasteiger partial charge in [-0.2, -0.15) is 5.10 Å². The molecule has 1 aromatic heterocycles. The maximum atomic E-state index is 12.4. The first-order chi connectivity index (χ1) is 6.59. The largest absolute Gasteiger partial charge is 0.323 e. The van der Waals surface area contributed by atoms with Crippen LogP contribution in [0.25, 0.3) is 0 Å². The van der Waals surface area contributed by atoms with Crippen molar-refractivity contribution in [3.63, 3.8) is 0 Å². The van der Waals surface area contributed by atoms with Crippen LogP contribution in [-0.4, -0.2) is 9.78 Å². The van der Waals surface area contributed by atoms with Crippen molar-refractivity contribution >= 4 is 0 Å². The van der Waals surface area contributed by atoms with Gasteiger partial charge in [0.2, 0.25) is 0 Å². The van der Waals surface area contributed by atoms with Gasteiger partial charge in [0, 0.05) is 6.04 Å². The third kappa shape index (κ3) is 1.64. The molecule has 14 heavy (non-hydrogen) atoms. The minimum absolute atomic E-state index is 0.163. The molecule has 1 aliphatic rings. The fraction of sp³-hybridized carbons (Fsp3) is 0.667. The van der Waals surface area contributed by atoms with Crippen molar-refractivity contribution in [3.05, 3.63) is 17.5 Å². The predicted octanol–water partition coefficient (Wildman–Crippen LogP) is 2.18. The number of nitrogens with zero attached hydrogens (tertiary/aromatic N) is 2. The molecule has 0 aromatic carbocycles. The van der Waals surface area contributed by atoms with Crippen LogP contribution < -0.4 is 5.73 Å². The predicted molar refractivity (Wildman–Crippen MR) is 48.1 cm³/mol. The van der Waals surface area contributed by atoms with Gasteiger partial charge in [-0.15, -0.1) is 0 Å². The van der Waals surface area contributed by atoms with Gasteiger partial charge < -0.3 is 5.73 Å². The standard InChI is InChI=1S/C9H13F2N3/c1-5(12)8-4-7(9(10)11)13-14(8)6-2-3-6/h4-6,9H,2-3,12H2,1H3/t5-/m0/s1. The van der Waals surface area contributed by atoms with Gasteiger partial charge in [-0.1, -0.05) is 0 Å². The van der Waals surface area contributed by atoms with Crippen LogP contribution in [0.2, 0.25) is 0 Å². The van der Waals surface area contributed by atoms with Gasteiger partial charge in [0.1, 0.15) is 5.69 Å². The molecule has 2 rings (SSSR count). The van der Waals surface area contributed by atoms with E-state index in [1.165, 1.54) is 6.07 Å². The molecule has 1 aromatic rings. The van der Waals surface area contributed by atoms with E-state index >= 15 is 0 Å². The van der Waals surface area contributed by atoms with Gasteiger partial charge >= 0.3 is 0 Å². The van der Waals surface area contributed by atoms with E-state index in [2.05, 4.69) is 5.10 Å². The number of nitrogens with two attached hydrogens (primary N) is 1. The molecule has 1 saturated carbocycles. The Balaban J connectivity index is 2.35. The number of aromatic nitrogens is 2. The Bertz CT molecular complexity index is 309. The van der Waals surface area contributed by atoms with Crippen LogP contribution in [-0.2, 0) is 0 Å². The molecule has 5 heteroatoms. The van der Waals surface area contributed by atoms with Gasteiger partial charge in [0.25, 0.3) is 6.43 Å². The van der Waals surface area contributed by atoms with Crippen LogP contribution in [0.5, 0.6) is 0 Å². The molecule has 1 heterocycles. The summed E-state index contributed by atoms with van der Waals surface area (Å²) < 4.78 is 26.4. The van der Waals surface area contributed by atoms with Crippen LogP contribution in [0.4, 0.5) is 8.78 Å². The summed E-state index contributed by atoms with van der Waals surface area (Å²) >= 11 is 0. The summed E-state index contributed by atoms with van der Waals surface area (Å²) in [5, 5.41) is 3.88. The summed E-state index contributed by atoms with van der Waals surface area (Å²) in [5.74, 6) is 0. The lowest BCUT2D eigenvalue weighted by atomic mass is 10.2. The molecule has 0 aliphatic heterocycles. The molecule has 1 fully saturated rings. The highest BCUT2D eigenvalue weighted by molar-refractivity contribution is 5.16. The van der Waals surface area contributed by atoms with E-state index in [1.807, 2.05) is 0 Å². The minimum Gasteiger partial charge on any atom is -0.323 e. The Hall–Kier alpha value is -0.970. The van der Waals surface area contributed by atoms with Gasteiger partial charge in [-0.05, 0) is 25.8 Å². The van der Waals surface area contributed by atoms with Crippen LogP contribution in [0.15, 0.2) is 6.07 Å². The Morgan fingerprint density at radius 3 is 2.64 bits per heavy atom. The molecular weight excluding hydrogens is 188 g/mol. The Morgan fingerprint density at radius 2 is 2.21 bits per heavy atom. The first-order valence-corrected chi connectivity index (χ1v) is 4.72. The molecule has 0 spiro atoms. The third-order valence-corrected chi connectivity index (χ3v) is 2.37. The van der Waals surface area contributed by atoms with E-state index in [0.29, 0.717) is 11.7 Å². The van der Waals surface area contributed by atoms with Crippen molar-refractivity contribution in [2.75, 3.05) is 0 Å². The normalized spacial score (nSPS) is 18.9. The molecular formula is C9H13F2N3. The molecule has 3 nitrogen and oxygen atoms in total. The minimum atomic E-state index is -2.51. The number of alkyl halides is 2. The first kappa shape index (κ1) is 9.58. The van der Waals surface area contributed by atoms with E-state index in [1.54, 1.807) is 11.6 Å². The van der Waals surface area contributed by atoms with Gasteiger partial charge in [-0.25, -0.2) is 8.78 Å². The number of halogens is 2. The molecule has 78 valence electrons. The second-order valence-electron chi connectivity index (χ2n) is 3.76. The fourth-order valence-electron chi connectivity index (χ4n) is 1.49. The van der Waals surface area contributed by atoms with Crippen molar-refractivity contribution in [1.29, 1.82) is 0 Å². The topological polar surface area (TPSA) is 43.8 Å². The van der Waals surface area contributed by atoms with Crippen molar-refractivity contribution in [3.8, 4) is 0 Å². The highest BCUT2D eigenvalue weighted by atomic mass is 19.3. The monoisotopic (exact) mass is 201 g/mol. The van der Waals surface area contributed by atoms with Gasteiger partial charge in [0.05, 0.1) is 11.7 Å². The highest BCUT2D eigenvalue weighted by Crippen LogP contribution is 2.37. The van der Waals surface area contributed by atoms with E-state index in [-0.39, 0.29) is 11.7 Å². The second kappa shape index (κ2) is 3.31. The summed E-state index contributed by atoms with van der Waals surface area (Å²) in [6.07, 6.45) is -0.471. The average Bonchev–Trinajstić information content (AvgIpc) is 2.83. The summed E-state index contributed by atoms with van der Waals surface area (Å²) in [4.78, 5) is 0. The molecule has 0 saturated heterocycles. The number of rotatable bonds is 3. The zero-order valence-corrected chi connectivity index (χ0v) is 7.95. The Kier molecular flexibility index (Phi) is 2.26. The second-order valence-corrected chi connectivity index (χ2v) is 3.76. The maximum absolute atomic E-state index is 12.4. The molecule has 2 N–H and O–H groups in total. The van der Waals surface area contributed by atoms with Crippen LogP contribution >= 0.6 is 0 Å². The summed E-state index contributed by atoms with van der Waals surface area (Å²) in [6, 6.07) is 1.47. The maximum Gasteiger partial charge on any atom is 0.282 e. The zero-order chi connectivity index (χ0) is 10.3. The molecule has 1 aliphatic carbocycles. The SMILES string of the molecule is C[C@H](N)c1cc(C(F)F)nn1C1CC1. The molecule has 1 atom stereocenters. The summed E-state index contributed by atoms with van der Waals surface area (Å²) in [5.41, 5.74) is 6.24. The lowest BCUT2D eigenvalue weighted by Gasteiger charge is -2.07. The van der Waals surface area contributed by atoms with Crippen molar-refractivity contribution < 1.29 is 8.78 Å². The fourth-order valence-corrected chi connectivity index (χ4v) is 1.49. The smallest absolute Gasteiger partial charge is 0.282 e. The highest BCUT2D eigenvalue weighted by Gasteiger charge is 2.29. The van der Waals surface area contributed by atoms with Gasteiger partial charge in [0.15, 0.2) is 0 Å². The zero-order valence-electron chi connectivity index (χ0n) is 7.95. The Morgan fingerprint density at radius 1 is 1.57 bits per heavy atom. The first-order valence-electron chi connectivity index (χ1n) is 4.72. The van der Waals surface area contributed by atoms with E-state index in [0.717, 1.165) is 12.8 Å². The lowest BCUT2D eigenvalue weighted by Crippen LogP contribution is -2.12. The molecule has 0 bridgehead atoms. The number of hydrogen-bond acceptors (Lipinski definition) is 2. The summed E-state index contributed by atoms with van der Waals surface area (Å²) in [6.45, 7) is 1.78. The summed E-state index contributed by atoms with van der Waals surface area (Å²) in [7, 11) is 0. The van der Waals surface area contributed by atoms with Crippen LogP contribution in [0, 0.1) is 0 Å². The van der Waals surface area contributed by atoms with Crippen LogP contribution in [0.1, 0.15) is 49.7 Å². The number of hydrogen-bond donors (Lipinski definition) is 1. The van der Waals surface area contributed by atoms with E-state index in [4.69, 9.17) is 5.73 Å². The van der Waals surface area contributed by atoms with Crippen LogP contribution in [0.3, 0.4) is 0 Å². The molecule has 0 amide bonds. The van der Waals surface area contributed by atoms with Crippen molar-refractivity contribution in [2.24, 2.45) is 5.73 Å². The Labute approximate surface area is 80.9 Å². The van der Waals surface area contributed by atoms with Crippen molar-refractivity contribution in [1.82, 2.24) is 9.78 Å². The lowest BCUT2D eigenvalue weighted by molar-refractivity contribution is 0.145. The van der Waals surface area contributed by atoms with E-state index < -0.39 is 6.43 Å². The van der Waals surface area contributed by atoms with Crippen molar-refractivity contribution in [2.45, 2.75) is 38.3 Å². The third-order valence-electron chi connectivity index (χ3n) is 2.37. The quantitative estimate of drug-likeness (QED) is 0.814. The molecule has 0 unspecified atom stereocenters.